The van der Waals surface area contributed by atoms with Crippen LogP contribution < -0.4 is 14.8 Å². The molecule has 0 bridgehead atoms. The van der Waals surface area contributed by atoms with E-state index in [4.69, 9.17) is 14.0 Å². The summed E-state index contributed by atoms with van der Waals surface area (Å²) < 4.78 is 16.4. The molecule has 0 saturated heterocycles. The number of hydrogen-bond donors (Lipinski definition) is 1. The van der Waals surface area contributed by atoms with Gasteiger partial charge in [-0.25, -0.2) is 0 Å². The molecule has 1 N–H and O–H groups in total. The molecule has 1 aliphatic heterocycles. The van der Waals surface area contributed by atoms with Crippen molar-refractivity contribution >= 4 is 5.96 Å². The van der Waals surface area contributed by atoms with E-state index in [1.54, 1.807) is 7.05 Å². The van der Waals surface area contributed by atoms with Gasteiger partial charge in [-0.1, -0.05) is 11.2 Å². The Balaban J connectivity index is 1.56. The highest BCUT2D eigenvalue weighted by Crippen LogP contribution is 2.31. The van der Waals surface area contributed by atoms with Crippen LogP contribution in [-0.4, -0.2) is 49.9 Å². The Hall–Kier alpha value is -2.70. The van der Waals surface area contributed by atoms with Gasteiger partial charge in [0.2, 0.25) is 0 Å². The van der Waals surface area contributed by atoms with Crippen molar-refractivity contribution in [3.05, 3.63) is 40.8 Å². The Morgan fingerprint density at radius 1 is 1.23 bits per heavy atom. The Kier molecular flexibility index (Phi) is 5.65. The van der Waals surface area contributed by atoms with Crippen LogP contribution in [0.15, 0.2) is 27.7 Å². The van der Waals surface area contributed by atoms with Crippen molar-refractivity contribution in [3.63, 3.8) is 0 Å². The van der Waals surface area contributed by atoms with Crippen LogP contribution in [0.5, 0.6) is 11.5 Å². The molecule has 0 saturated carbocycles. The van der Waals surface area contributed by atoms with E-state index in [-0.39, 0.29) is 0 Å². The Labute approximate surface area is 154 Å². The van der Waals surface area contributed by atoms with Gasteiger partial charge in [-0.15, -0.1) is 0 Å². The largest absolute Gasteiger partial charge is 0.486 e. The number of benzene rings is 1. The van der Waals surface area contributed by atoms with Gasteiger partial charge in [0.1, 0.15) is 19.0 Å². The molecule has 0 radical (unpaired) electrons. The Morgan fingerprint density at radius 2 is 2.00 bits per heavy atom. The third-order valence-electron chi connectivity index (χ3n) is 4.44. The topological polar surface area (TPSA) is 72.1 Å². The molecule has 1 aliphatic rings. The number of aryl methyl sites for hydroxylation is 2. The monoisotopic (exact) mass is 358 g/mol. The highest BCUT2D eigenvalue weighted by atomic mass is 16.6. The maximum Gasteiger partial charge on any atom is 0.193 e. The van der Waals surface area contributed by atoms with Gasteiger partial charge in [-0.3, -0.25) is 4.99 Å². The molecule has 7 nitrogen and oxygen atoms in total. The molecule has 1 aromatic carbocycles. The summed E-state index contributed by atoms with van der Waals surface area (Å²) >= 11 is 0. The SMILES string of the molecule is CN=C(NCCc1c(C)noc1C)N(C)Cc1ccc2c(c1)OCCO2. The van der Waals surface area contributed by atoms with Crippen molar-refractivity contribution in [2.75, 3.05) is 33.9 Å². The molecule has 26 heavy (non-hydrogen) atoms. The molecule has 0 spiro atoms. The Morgan fingerprint density at radius 3 is 2.69 bits per heavy atom. The second kappa shape index (κ2) is 8.12. The van der Waals surface area contributed by atoms with Crippen molar-refractivity contribution in [2.24, 2.45) is 4.99 Å². The smallest absolute Gasteiger partial charge is 0.193 e. The number of nitrogens with zero attached hydrogens (tertiary/aromatic N) is 3. The average molecular weight is 358 g/mol. The van der Waals surface area contributed by atoms with E-state index < -0.39 is 0 Å². The van der Waals surface area contributed by atoms with Gasteiger partial charge in [0, 0.05) is 32.7 Å². The summed E-state index contributed by atoms with van der Waals surface area (Å²) in [7, 11) is 3.81. The number of fused-ring (bicyclic) bond motifs is 1. The van der Waals surface area contributed by atoms with E-state index >= 15 is 0 Å². The summed E-state index contributed by atoms with van der Waals surface area (Å²) in [5, 5.41) is 7.39. The fraction of sp³-hybridized carbons (Fsp3) is 0.474. The normalized spacial score (nSPS) is 13.6. The van der Waals surface area contributed by atoms with E-state index in [9.17, 15) is 0 Å². The predicted molar refractivity (Wildman–Crippen MR) is 99.9 cm³/mol. The molecule has 0 atom stereocenters. The minimum atomic E-state index is 0.594. The fourth-order valence-corrected chi connectivity index (χ4v) is 3.08. The summed E-state index contributed by atoms with van der Waals surface area (Å²) in [5.74, 6) is 3.34. The molecule has 2 heterocycles. The lowest BCUT2D eigenvalue weighted by Crippen LogP contribution is -2.39. The minimum absolute atomic E-state index is 0.594. The van der Waals surface area contributed by atoms with Crippen molar-refractivity contribution < 1.29 is 14.0 Å². The Bertz CT molecular complexity index is 766. The molecule has 7 heteroatoms. The molecule has 0 aliphatic carbocycles. The van der Waals surface area contributed by atoms with Gasteiger partial charge in [0.15, 0.2) is 17.5 Å². The lowest BCUT2D eigenvalue weighted by atomic mass is 10.1. The number of guanidine groups is 1. The predicted octanol–water partition coefficient (Wildman–Crippen LogP) is 2.31. The maximum atomic E-state index is 5.66. The number of aromatic nitrogens is 1. The highest BCUT2D eigenvalue weighted by molar-refractivity contribution is 5.79. The zero-order valence-corrected chi connectivity index (χ0v) is 15.8. The third kappa shape index (κ3) is 4.09. The first-order valence-electron chi connectivity index (χ1n) is 8.80. The van der Waals surface area contributed by atoms with Crippen LogP contribution in [0.3, 0.4) is 0 Å². The number of ether oxygens (including phenoxy) is 2. The van der Waals surface area contributed by atoms with Gasteiger partial charge >= 0.3 is 0 Å². The number of nitrogens with one attached hydrogen (secondary N) is 1. The van der Waals surface area contributed by atoms with Crippen LogP contribution in [0.4, 0.5) is 0 Å². The van der Waals surface area contributed by atoms with Crippen LogP contribution in [-0.2, 0) is 13.0 Å². The molecule has 1 aromatic heterocycles. The molecule has 0 amide bonds. The second-order valence-electron chi connectivity index (χ2n) is 6.36. The van der Waals surface area contributed by atoms with Crippen LogP contribution in [0.25, 0.3) is 0 Å². The fourth-order valence-electron chi connectivity index (χ4n) is 3.08. The molecule has 0 fully saturated rings. The minimum Gasteiger partial charge on any atom is -0.486 e. The van der Waals surface area contributed by atoms with Gasteiger partial charge < -0.3 is 24.2 Å². The van der Waals surface area contributed by atoms with E-state index in [0.29, 0.717) is 13.2 Å². The highest BCUT2D eigenvalue weighted by Gasteiger charge is 2.14. The van der Waals surface area contributed by atoms with Crippen molar-refractivity contribution in [1.29, 1.82) is 0 Å². The first kappa shape index (κ1) is 18.1. The average Bonchev–Trinajstić information content (AvgIpc) is 2.97. The van der Waals surface area contributed by atoms with Crippen LogP contribution in [0.2, 0.25) is 0 Å². The van der Waals surface area contributed by atoms with Gasteiger partial charge in [-0.2, -0.15) is 0 Å². The van der Waals surface area contributed by atoms with Crippen LogP contribution >= 0.6 is 0 Å². The summed E-state index contributed by atoms with van der Waals surface area (Å²) in [6.45, 7) is 6.60. The third-order valence-corrected chi connectivity index (χ3v) is 4.44. The van der Waals surface area contributed by atoms with Crippen LogP contribution in [0, 0.1) is 13.8 Å². The molecular weight excluding hydrogens is 332 g/mol. The quantitative estimate of drug-likeness (QED) is 0.653. The standard InChI is InChI=1S/C19H26N4O3/c1-13-16(14(2)26-22-13)7-8-21-19(20-3)23(4)12-15-5-6-17-18(11-15)25-10-9-24-17/h5-6,11H,7-10,12H2,1-4H3,(H,20,21). The van der Waals surface area contributed by atoms with E-state index in [1.807, 2.05) is 33.0 Å². The maximum absolute atomic E-state index is 5.66. The van der Waals surface area contributed by atoms with E-state index in [0.717, 1.165) is 59.5 Å². The zero-order valence-electron chi connectivity index (χ0n) is 15.8. The van der Waals surface area contributed by atoms with Crippen molar-refractivity contribution in [3.8, 4) is 11.5 Å². The molecule has 3 rings (SSSR count). The zero-order chi connectivity index (χ0) is 18.5. The number of hydrogen-bond acceptors (Lipinski definition) is 5. The van der Waals surface area contributed by atoms with Crippen molar-refractivity contribution in [2.45, 2.75) is 26.8 Å². The molecule has 140 valence electrons. The first-order valence-corrected chi connectivity index (χ1v) is 8.80. The van der Waals surface area contributed by atoms with Gasteiger partial charge in [0.25, 0.3) is 0 Å². The van der Waals surface area contributed by atoms with Crippen LogP contribution in [0.1, 0.15) is 22.6 Å². The van der Waals surface area contributed by atoms with E-state index in [1.165, 1.54) is 0 Å². The number of aliphatic imine (C=N–C) groups is 1. The first-order chi connectivity index (χ1) is 12.6. The number of rotatable bonds is 5. The van der Waals surface area contributed by atoms with Crippen molar-refractivity contribution in [1.82, 2.24) is 15.4 Å². The summed E-state index contributed by atoms with van der Waals surface area (Å²) in [6.07, 6.45) is 0.845. The van der Waals surface area contributed by atoms with Gasteiger partial charge in [-0.05, 0) is 38.0 Å². The second-order valence-corrected chi connectivity index (χ2v) is 6.36. The van der Waals surface area contributed by atoms with E-state index in [2.05, 4.69) is 26.4 Å². The lowest BCUT2D eigenvalue weighted by Gasteiger charge is -2.24. The molecule has 2 aromatic rings. The summed E-state index contributed by atoms with van der Waals surface area (Å²) in [6, 6.07) is 6.05. The lowest BCUT2D eigenvalue weighted by molar-refractivity contribution is 0.171. The van der Waals surface area contributed by atoms with Gasteiger partial charge in [0.05, 0.1) is 5.69 Å². The summed E-state index contributed by atoms with van der Waals surface area (Å²) in [4.78, 5) is 6.45. The summed E-state index contributed by atoms with van der Waals surface area (Å²) in [5.41, 5.74) is 3.25. The molecular formula is C19H26N4O3. The molecule has 0 unspecified atom stereocenters.